The van der Waals surface area contributed by atoms with Crippen LogP contribution in [0.3, 0.4) is 0 Å². The van der Waals surface area contributed by atoms with Crippen LogP contribution in [0.5, 0.6) is 0 Å². The zero-order chi connectivity index (χ0) is 7.40. The van der Waals surface area contributed by atoms with E-state index in [2.05, 4.69) is 14.8 Å². The summed E-state index contributed by atoms with van der Waals surface area (Å²) < 4.78 is 3.64. The maximum absolute atomic E-state index is 5.55. The van der Waals surface area contributed by atoms with Crippen LogP contribution in [0.2, 0.25) is 0 Å². The molecule has 0 saturated heterocycles. The Bertz CT molecular complexity index is 172. The molecule has 0 saturated carbocycles. The maximum atomic E-state index is 5.55. The van der Waals surface area contributed by atoms with Gasteiger partial charge in [-0.05, 0) is 18.6 Å². The Balaban J connectivity index is 2.28. The molecule has 1 aromatic rings. The molecule has 1 atom stereocenters. The highest BCUT2D eigenvalue weighted by Gasteiger charge is 1.99. The monoisotopic (exact) mass is 158 g/mol. The molecule has 0 amide bonds. The summed E-state index contributed by atoms with van der Waals surface area (Å²) >= 11 is 1.34. The van der Waals surface area contributed by atoms with E-state index >= 15 is 0 Å². The fourth-order valence-corrected chi connectivity index (χ4v) is 1.05. The van der Waals surface area contributed by atoms with Crippen LogP contribution in [0, 0.1) is 0 Å². The molecule has 56 valence electrons. The van der Waals surface area contributed by atoms with E-state index in [1.165, 1.54) is 11.5 Å². The van der Waals surface area contributed by atoms with Crippen LogP contribution < -0.4 is 5.73 Å². The Morgan fingerprint density at radius 3 is 3.00 bits per heavy atom. The van der Waals surface area contributed by atoms with Crippen LogP contribution in [0.15, 0.2) is 0 Å². The summed E-state index contributed by atoms with van der Waals surface area (Å²) in [7, 11) is 0. The van der Waals surface area contributed by atoms with Gasteiger partial charge >= 0.3 is 0 Å². The van der Waals surface area contributed by atoms with E-state index in [9.17, 15) is 0 Å². The topological polar surface area (TPSA) is 64.7 Å². The molecule has 0 bridgehead atoms. The Hall–Kier alpha value is -0.550. The van der Waals surface area contributed by atoms with Gasteiger partial charge in [-0.3, -0.25) is 0 Å². The summed E-state index contributed by atoms with van der Waals surface area (Å²) in [6.07, 6.45) is 1.85. The van der Waals surface area contributed by atoms with Crippen molar-refractivity contribution in [3.63, 3.8) is 0 Å². The summed E-state index contributed by atoms with van der Waals surface area (Å²) in [6, 6.07) is 0.240. The van der Waals surface area contributed by atoms with E-state index in [1.807, 2.05) is 6.92 Å². The summed E-state index contributed by atoms with van der Waals surface area (Å²) in [5.41, 5.74) is 5.55. The smallest absolute Gasteiger partial charge is 0.138 e. The van der Waals surface area contributed by atoms with E-state index in [1.54, 1.807) is 0 Å². The number of rotatable bonds is 3. The molecule has 0 aromatic carbocycles. The van der Waals surface area contributed by atoms with Gasteiger partial charge in [-0.1, -0.05) is 4.49 Å². The van der Waals surface area contributed by atoms with Crippen LogP contribution in [0.25, 0.3) is 0 Å². The van der Waals surface area contributed by atoms with Crippen molar-refractivity contribution < 1.29 is 0 Å². The van der Waals surface area contributed by atoms with Gasteiger partial charge in [-0.25, -0.2) is 0 Å². The lowest BCUT2D eigenvalue weighted by Crippen LogP contribution is -2.15. The quantitative estimate of drug-likeness (QED) is 0.683. The molecule has 10 heavy (non-hydrogen) atoms. The lowest BCUT2D eigenvalue weighted by atomic mass is 10.2. The first-order valence-electron chi connectivity index (χ1n) is 3.18. The van der Waals surface area contributed by atoms with Crippen molar-refractivity contribution in [3.05, 3.63) is 5.01 Å². The minimum Gasteiger partial charge on any atom is -0.328 e. The van der Waals surface area contributed by atoms with E-state index in [0.717, 1.165) is 17.8 Å². The first-order chi connectivity index (χ1) is 4.79. The Morgan fingerprint density at radius 2 is 2.50 bits per heavy atom. The molecule has 1 heterocycles. The molecule has 4 nitrogen and oxygen atoms in total. The Morgan fingerprint density at radius 1 is 1.70 bits per heavy atom. The van der Waals surface area contributed by atoms with Gasteiger partial charge in [0, 0.05) is 24.0 Å². The summed E-state index contributed by atoms with van der Waals surface area (Å²) in [5, 5.41) is 8.24. The second-order valence-corrected chi connectivity index (χ2v) is 3.09. The van der Waals surface area contributed by atoms with Gasteiger partial charge in [0.05, 0.1) is 0 Å². The molecule has 0 radical (unpaired) electrons. The summed E-state index contributed by atoms with van der Waals surface area (Å²) in [5.74, 6) is 0. The van der Waals surface area contributed by atoms with Gasteiger partial charge in [0.15, 0.2) is 0 Å². The first-order valence-corrected chi connectivity index (χ1v) is 3.96. The van der Waals surface area contributed by atoms with Crippen molar-refractivity contribution in [2.45, 2.75) is 25.8 Å². The second kappa shape index (κ2) is 3.58. The van der Waals surface area contributed by atoms with Crippen molar-refractivity contribution in [1.29, 1.82) is 0 Å². The van der Waals surface area contributed by atoms with E-state index in [-0.39, 0.29) is 6.04 Å². The fourth-order valence-electron chi connectivity index (χ4n) is 0.599. The molecule has 1 unspecified atom stereocenters. The predicted octanol–water partition coefficient (Wildman–Crippen LogP) is 0.213. The number of hydrogen-bond acceptors (Lipinski definition) is 5. The van der Waals surface area contributed by atoms with Crippen molar-refractivity contribution in [2.24, 2.45) is 5.73 Å². The number of hydrogen-bond donors (Lipinski definition) is 1. The van der Waals surface area contributed by atoms with Gasteiger partial charge in [0.1, 0.15) is 5.01 Å². The van der Waals surface area contributed by atoms with Crippen LogP contribution in [-0.2, 0) is 6.42 Å². The summed E-state index contributed by atoms with van der Waals surface area (Å²) in [6.45, 7) is 1.98. The number of nitrogens with two attached hydrogens (primary N) is 1. The van der Waals surface area contributed by atoms with Gasteiger partial charge in [-0.2, -0.15) is 0 Å². The third kappa shape index (κ3) is 2.36. The maximum Gasteiger partial charge on any atom is 0.138 e. The molecule has 0 aliphatic carbocycles. The highest BCUT2D eigenvalue weighted by Crippen LogP contribution is 2.02. The molecule has 0 aliphatic rings. The van der Waals surface area contributed by atoms with Crippen LogP contribution in [-0.4, -0.2) is 20.8 Å². The third-order valence-corrected chi connectivity index (χ3v) is 1.80. The number of aryl methyl sites for hydroxylation is 1. The van der Waals surface area contributed by atoms with E-state index < -0.39 is 0 Å². The minimum absolute atomic E-state index is 0.240. The molecule has 5 heteroatoms. The first kappa shape index (κ1) is 7.56. The number of aromatic nitrogens is 3. The van der Waals surface area contributed by atoms with Crippen molar-refractivity contribution in [3.8, 4) is 0 Å². The largest absolute Gasteiger partial charge is 0.328 e. The van der Waals surface area contributed by atoms with Crippen LogP contribution in [0.4, 0.5) is 0 Å². The normalized spacial score (nSPS) is 13.4. The molecule has 1 rings (SSSR count). The highest BCUT2D eigenvalue weighted by molar-refractivity contribution is 7.05. The second-order valence-electron chi connectivity index (χ2n) is 2.27. The molecular formula is C5H10N4S. The zero-order valence-electron chi connectivity index (χ0n) is 5.82. The lowest BCUT2D eigenvalue weighted by Gasteiger charge is -1.99. The van der Waals surface area contributed by atoms with E-state index in [4.69, 9.17) is 5.73 Å². The molecule has 0 spiro atoms. The number of nitrogens with zero attached hydrogens (tertiary/aromatic N) is 3. The predicted molar refractivity (Wildman–Crippen MR) is 39.7 cm³/mol. The Labute approximate surface area is 63.6 Å². The molecular weight excluding hydrogens is 148 g/mol. The SMILES string of the molecule is CC(N)CCc1nnns1. The van der Waals surface area contributed by atoms with Gasteiger partial charge < -0.3 is 5.73 Å². The fraction of sp³-hybridized carbons (Fsp3) is 0.800. The van der Waals surface area contributed by atoms with Crippen molar-refractivity contribution >= 4 is 11.5 Å². The third-order valence-electron chi connectivity index (χ3n) is 1.15. The Kier molecular flexibility index (Phi) is 2.70. The highest BCUT2D eigenvalue weighted by atomic mass is 32.1. The van der Waals surface area contributed by atoms with Crippen molar-refractivity contribution in [1.82, 2.24) is 14.8 Å². The van der Waals surface area contributed by atoms with Crippen LogP contribution >= 0.6 is 11.5 Å². The minimum atomic E-state index is 0.240. The molecule has 0 fully saturated rings. The summed E-state index contributed by atoms with van der Waals surface area (Å²) in [4.78, 5) is 0. The molecule has 1 aromatic heterocycles. The van der Waals surface area contributed by atoms with E-state index in [0.29, 0.717) is 0 Å². The van der Waals surface area contributed by atoms with Crippen LogP contribution in [0.1, 0.15) is 18.4 Å². The standard InChI is InChI=1S/C5H10N4S/c1-4(6)2-3-5-7-8-9-10-5/h4H,2-3,6H2,1H3. The molecule has 2 N–H and O–H groups in total. The lowest BCUT2D eigenvalue weighted by molar-refractivity contribution is 0.660. The average molecular weight is 158 g/mol. The van der Waals surface area contributed by atoms with Crippen molar-refractivity contribution in [2.75, 3.05) is 0 Å². The van der Waals surface area contributed by atoms with Gasteiger partial charge in [0.2, 0.25) is 0 Å². The van der Waals surface area contributed by atoms with Gasteiger partial charge in [0.25, 0.3) is 0 Å². The average Bonchev–Trinajstić information content (AvgIpc) is 2.34. The van der Waals surface area contributed by atoms with Gasteiger partial charge in [-0.15, -0.1) is 5.10 Å². The molecule has 0 aliphatic heterocycles. The zero-order valence-corrected chi connectivity index (χ0v) is 6.64.